The number of nitrogens with one attached hydrogen (secondary N) is 1. The van der Waals surface area contributed by atoms with E-state index >= 15 is 0 Å². The van der Waals surface area contributed by atoms with Crippen LogP contribution in [0, 0.1) is 0 Å². The highest BCUT2D eigenvalue weighted by Crippen LogP contribution is 2.25. The zero-order valence-corrected chi connectivity index (χ0v) is 16.8. The molecule has 1 aliphatic heterocycles. The maximum Gasteiger partial charge on any atom is 0.123 e. The summed E-state index contributed by atoms with van der Waals surface area (Å²) in [4.78, 5) is 4.53. The topological polar surface area (TPSA) is 43.4 Å². The lowest BCUT2D eigenvalue weighted by molar-refractivity contribution is 0.0675. The van der Waals surface area contributed by atoms with E-state index in [1.165, 1.54) is 11.1 Å². The van der Waals surface area contributed by atoms with Crippen molar-refractivity contribution in [3.05, 3.63) is 68.8 Å². The van der Waals surface area contributed by atoms with Crippen molar-refractivity contribution in [2.24, 2.45) is 0 Å². The summed E-state index contributed by atoms with van der Waals surface area (Å²) in [6, 6.07) is 10.6. The van der Waals surface area contributed by atoms with Crippen LogP contribution >= 0.6 is 22.7 Å². The molecule has 1 saturated heterocycles. The average molecular weight is 401 g/mol. The predicted molar refractivity (Wildman–Crippen MR) is 111 cm³/mol. The SMILES string of the molecule is c1ccc(OC[C@@H]2CCCO2)c(CN[C@@H](Cc2ccsc2)c2nccs2)c1. The minimum absolute atomic E-state index is 0.200. The lowest BCUT2D eigenvalue weighted by Crippen LogP contribution is -2.23. The standard InChI is InChI=1S/C21H24N2O2S2/c1-2-6-20(25-14-18-5-3-9-24-18)17(4-1)13-23-19(21-22-8-11-27-21)12-16-7-10-26-15-16/h1-2,4,6-8,10-11,15,18-19,23H,3,5,9,12-14H2/t18-,19-/m0/s1. The summed E-state index contributed by atoms with van der Waals surface area (Å²) in [5.74, 6) is 0.939. The summed E-state index contributed by atoms with van der Waals surface area (Å²) in [7, 11) is 0. The number of hydrogen-bond acceptors (Lipinski definition) is 6. The third-order valence-corrected chi connectivity index (χ3v) is 6.35. The predicted octanol–water partition coefficient (Wildman–Crippen LogP) is 4.84. The Bertz CT molecular complexity index is 799. The molecule has 0 aliphatic carbocycles. The second-order valence-corrected chi connectivity index (χ2v) is 8.40. The van der Waals surface area contributed by atoms with E-state index in [9.17, 15) is 0 Å². The number of para-hydroxylation sites is 1. The van der Waals surface area contributed by atoms with Crippen molar-refractivity contribution in [3.8, 4) is 5.75 Å². The number of aromatic nitrogens is 1. The lowest BCUT2D eigenvalue weighted by atomic mass is 10.1. The number of ether oxygens (including phenoxy) is 2. The highest BCUT2D eigenvalue weighted by Gasteiger charge is 2.18. The first kappa shape index (κ1) is 18.6. The summed E-state index contributed by atoms with van der Waals surface area (Å²) >= 11 is 3.44. The molecular formula is C21H24N2O2S2. The number of thiophene rings is 1. The molecule has 3 aromatic rings. The van der Waals surface area contributed by atoms with Crippen molar-refractivity contribution >= 4 is 22.7 Å². The Kier molecular flexibility index (Phi) is 6.53. The Morgan fingerprint density at radius 1 is 1.26 bits per heavy atom. The van der Waals surface area contributed by atoms with Crippen LogP contribution in [0.25, 0.3) is 0 Å². The van der Waals surface area contributed by atoms with Gasteiger partial charge < -0.3 is 14.8 Å². The molecule has 2 atom stereocenters. The van der Waals surface area contributed by atoms with Crippen LogP contribution in [-0.4, -0.2) is 24.3 Å². The molecule has 3 heterocycles. The summed E-state index contributed by atoms with van der Waals surface area (Å²) < 4.78 is 11.7. The maximum absolute atomic E-state index is 6.07. The van der Waals surface area contributed by atoms with Gasteiger partial charge in [0.05, 0.1) is 12.1 Å². The van der Waals surface area contributed by atoms with Crippen molar-refractivity contribution in [2.75, 3.05) is 13.2 Å². The molecule has 0 radical (unpaired) electrons. The normalized spacial score (nSPS) is 17.9. The summed E-state index contributed by atoms with van der Waals surface area (Å²) in [6.45, 7) is 2.23. The van der Waals surface area contributed by atoms with Crippen molar-refractivity contribution in [3.63, 3.8) is 0 Å². The van der Waals surface area contributed by atoms with Gasteiger partial charge >= 0.3 is 0 Å². The number of thiazole rings is 1. The summed E-state index contributed by atoms with van der Waals surface area (Å²) in [6.07, 6.45) is 5.27. The molecule has 0 unspecified atom stereocenters. The van der Waals surface area contributed by atoms with Crippen LogP contribution < -0.4 is 10.1 Å². The van der Waals surface area contributed by atoms with Crippen molar-refractivity contribution < 1.29 is 9.47 Å². The van der Waals surface area contributed by atoms with Crippen LogP contribution in [-0.2, 0) is 17.7 Å². The van der Waals surface area contributed by atoms with E-state index in [1.807, 2.05) is 23.7 Å². The van der Waals surface area contributed by atoms with Gasteiger partial charge in [0.15, 0.2) is 0 Å². The average Bonchev–Trinajstić information content (AvgIpc) is 3.47. The van der Waals surface area contributed by atoms with Gasteiger partial charge in [-0.25, -0.2) is 4.98 Å². The molecule has 0 amide bonds. The smallest absolute Gasteiger partial charge is 0.123 e. The van der Waals surface area contributed by atoms with Crippen LogP contribution in [0.15, 0.2) is 52.7 Å². The Morgan fingerprint density at radius 3 is 3.00 bits per heavy atom. The fourth-order valence-corrected chi connectivity index (χ4v) is 4.68. The molecule has 6 heteroatoms. The van der Waals surface area contributed by atoms with E-state index in [-0.39, 0.29) is 12.1 Å². The Labute approximate surface area is 168 Å². The summed E-state index contributed by atoms with van der Waals surface area (Å²) in [5, 5.41) is 11.2. The number of nitrogens with zero attached hydrogens (tertiary/aromatic N) is 1. The van der Waals surface area contributed by atoms with Gasteiger partial charge in [0.1, 0.15) is 17.4 Å². The fourth-order valence-electron chi connectivity index (χ4n) is 3.28. The maximum atomic E-state index is 6.07. The van der Waals surface area contributed by atoms with Gasteiger partial charge in [-0.15, -0.1) is 11.3 Å². The van der Waals surface area contributed by atoms with Gasteiger partial charge in [-0.05, 0) is 47.7 Å². The molecule has 0 saturated carbocycles. The molecule has 1 aromatic carbocycles. The van der Waals surface area contributed by atoms with Gasteiger partial charge in [-0.2, -0.15) is 11.3 Å². The highest BCUT2D eigenvalue weighted by molar-refractivity contribution is 7.09. The van der Waals surface area contributed by atoms with E-state index in [1.54, 1.807) is 22.7 Å². The van der Waals surface area contributed by atoms with E-state index in [0.29, 0.717) is 6.61 Å². The molecule has 2 aromatic heterocycles. The molecule has 1 aliphatic rings. The van der Waals surface area contributed by atoms with Gasteiger partial charge in [0.25, 0.3) is 0 Å². The minimum Gasteiger partial charge on any atom is -0.491 e. The first-order valence-electron chi connectivity index (χ1n) is 9.34. The van der Waals surface area contributed by atoms with Gasteiger partial charge in [-0.3, -0.25) is 0 Å². The van der Waals surface area contributed by atoms with E-state index in [4.69, 9.17) is 9.47 Å². The van der Waals surface area contributed by atoms with E-state index in [0.717, 1.165) is 43.2 Å². The third kappa shape index (κ3) is 5.17. The lowest BCUT2D eigenvalue weighted by Gasteiger charge is -2.19. The summed E-state index contributed by atoms with van der Waals surface area (Å²) in [5.41, 5.74) is 2.51. The fraction of sp³-hybridized carbons (Fsp3) is 0.381. The van der Waals surface area contributed by atoms with Crippen LogP contribution in [0.2, 0.25) is 0 Å². The van der Waals surface area contributed by atoms with Crippen LogP contribution in [0.5, 0.6) is 5.75 Å². The van der Waals surface area contributed by atoms with Crippen molar-refractivity contribution in [2.45, 2.75) is 38.0 Å². The van der Waals surface area contributed by atoms with Crippen LogP contribution in [0.4, 0.5) is 0 Å². The van der Waals surface area contributed by atoms with Gasteiger partial charge in [0, 0.05) is 30.3 Å². The second kappa shape index (κ2) is 9.46. The zero-order chi connectivity index (χ0) is 18.3. The first-order chi connectivity index (χ1) is 13.4. The Morgan fingerprint density at radius 2 is 2.22 bits per heavy atom. The van der Waals surface area contributed by atoms with Crippen molar-refractivity contribution in [1.82, 2.24) is 10.3 Å². The second-order valence-electron chi connectivity index (χ2n) is 6.69. The molecule has 0 bridgehead atoms. The minimum atomic E-state index is 0.200. The van der Waals surface area contributed by atoms with Crippen molar-refractivity contribution in [1.29, 1.82) is 0 Å². The van der Waals surface area contributed by atoms with Crippen LogP contribution in [0.3, 0.4) is 0 Å². The Balaban J connectivity index is 1.41. The highest BCUT2D eigenvalue weighted by atomic mass is 32.1. The van der Waals surface area contributed by atoms with E-state index < -0.39 is 0 Å². The van der Waals surface area contributed by atoms with Gasteiger partial charge in [0.2, 0.25) is 0 Å². The number of rotatable bonds is 9. The van der Waals surface area contributed by atoms with E-state index in [2.05, 4.69) is 39.3 Å². The number of benzene rings is 1. The Hall–Kier alpha value is -1.73. The molecule has 142 valence electrons. The molecular weight excluding hydrogens is 376 g/mol. The van der Waals surface area contributed by atoms with Crippen LogP contribution in [0.1, 0.15) is 35.0 Å². The molecule has 1 fully saturated rings. The number of hydrogen-bond donors (Lipinski definition) is 1. The first-order valence-corrected chi connectivity index (χ1v) is 11.2. The quantitative estimate of drug-likeness (QED) is 0.558. The monoisotopic (exact) mass is 400 g/mol. The molecule has 0 spiro atoms. The zero-order valence-electron chi connectivity index (χ0n) is 15.2. The molecule has 1 N–H and O–H groups in total. The molecule has 4 rings (SSSR count). The molecule has 4 nitrogen and oxygen atoms in total. The third-order valence-electron chi connectivity index (χ3n) is 4.73. The largest absolute Gasteiger partial charge is 0.491 e. The van der Waals surface area contributed by atoms with Gasteiger partial charge in [-0.1, -0.05) is 18.2 Å². The molecule has 27 heavy (non-hydrogen) atoms.